The highest BCUT2D eigenvalue weighted by molar-refractivity contribution is 9.11. The zero-order valence-electron chi connectivity index (χ0n) is 10.9. The minimum atomic E-state index is -0.141. The number of hydrogen-bond acceptors (Lipinski definition) is 4. The fourth-order valence-electron chi connectivity index (χ4n) is 2.10. The molecule has 2 aromatic carbocycles. The predicted octanol–water partition coefficient (Wildman–Crippen LogP) is 3.80. The molecule has 2 N–H and O–H groups in total. The van der Waals surface area contributed by atoms with Gasteiger partial charge in [-0.3, -0.25) is 4.79 Å². The van der Waals surface area contributed by atoms with Crippen molar-refractivity contribution in [2.75, 3.05) is 18.9 Å². The third-order valence-electron chi connectivity index (χ3n) is 3.11. The molecule has 2 aromatic rings. The molecule has 0 atom stereocenters. The highest BCUT2D eigenvalue weighted by atomic mass is 79.9. The van der Waals surface area contributed by atoms with Gasteiger partial charge in [-0.1, -0.05) is 15.9 Å². The molecular weight excluding hydrogens is 402 g/mol. The Hall–Kier alpha value is -1.53. The minimum absolute atomic E-state index is 0.141. The Morgan fingerprint density at radius 1 is 0.952 bits per heavy atom. The molecule has 0 aromatic heterocycles. The third kappa shape index (κ3) is 2.78. The van der Waals surface area contributed by atoms with E-state index in [0.29, 0.717) is 50.5 Å². The Kier molecular flexibility index (Phi) is 3.91. The summed E-state index contributed by atoms with van der Waals surface area (Å²) in [5, 5.41) is 0. The van der Waals surface area contributed by atoms with E-state index in [1.54, 1.807) is 30.3 Å². The van der Waals surface area contributed by atoms with E-state index in [1.807, 2.05) is 0 Å². The minimum Gasteiger partial charge on any atom is -0.486 e. The summed E-state index contributed by atoms with van der Waals surface area (Å²) in [6.07, 6.45) is 0. The van der Waals surface area contributed by atoms with Crippen molar-refractivity contribution < 1.29 is 14.3 Å². The predicted molar refractivity (Wildman–Crippen MR) is 87.1 cm³/mol. The molecule has 108 valence electrons. The third-order valence-corrected chi connectivity index (χ3v) is 4.46. The first-order valence-electron chi connectivity index (χ1n) is 6.25. The van der Waals surface area contributed by atoms with Crippen LogP contribution in [-0.2, 0) is 0 Å². The number of nitrogens with two attached hydrogens (primary N) is 1. The second kappa shape index (κ2) is 5.69. The van der Waals surface area contributed by atoms with Crippen LogP contribution < -0.4 is 15.2 Å². The lowest BCUT2D eigenvalue weighted by Gasteiger charge is -2.19. The van der Waals surface area contributed by atoms with Gasteiger partial charge in [0.2, 0.25) is 0 Å². The van der Waals surface area contributed by atoms with E-state index in [4.69, 9.17) is 15.2 Å². The Balaban J connectivity index is 2.07. The Morgan fingerprint density at radius 2 is 1.57 bits per heavy atom. The van der Waals surface area contributed by atoms with Gasteiger partial charge >= 0.3 is 0 Å². The van der Waals surface area contributed by atoms with Gasteiger partial charge < -0.3 is 15.2 Å². The maximum absolute atomic E-state index is 12.7. The van der Waals surface area contributed by atoms with E-state index < -0.39 is 0 Å². The molecular formula is C15H11Br2NO3. The molecule has 0 fully saturated rings. The summed E-state index contributed by atoms with van der Waals surface area (Å²) in [5.74, 6) is 1.07. The molecule has 1 aliphatic heterocycles. The number of benzene rings is 2. The first-order chi connectivity index (χ1) is 10.1. The molecule has 0 aliphatic carbocycles. The number of fused-ring (bicyclic) bond motifs is 1. The molecule has 0 saturated carbocycles. The van der Waals surface area contributed by atoms with Crippen LogP contribution in [0.5, 0.6) is 11.5 Å². The van der Waals surface area contributed by atoms with Crippen LogP contribution in [0.1, 0.15) is 15.9 Å². The normalized spacial score (nSPS) is 13.0. The van der Waals surface area contributed by atoms with E-state index in [-0.39, 0.29) is 5.78 Å². The number of carbonyl (C=O) groups excluding carboxylic acids is 1. The summed E-state index contributed by atoms with van der Waals surface area (Å²) in [7, 11) is 0. The number of halogens is 2. The van der Waals surface area contributed by atoms with Crippen LogP contribution in [-0.4, -0.2) is 19.0 Å². The largest absolute Gasteiger partial charge is 0.486 e. The zero-order valence-corrected chi connectivity index (χ0v) is 14.0. The van der Waals surface area contributed by atoms with Crippen molar-refractivity contribution in [1.82, 2.24) is 0 Å². The van der Waals surface area contributed by atoms with Gasteiger partial charge in [0.05, 0.1) is 0 Å². The smallest absolute Gasteiger partial charge is 0.195 e. The van der Waals surface area contributed by atoms with Crippen LogP contribution in [0, 0.1) is 0 Å². The van der Waals surface area contributed by atoms with Crippen molar-refractivity contribution in [3.8, 4) is 11.5 Å². The average Bonchev–Trinajstić information content (AvgIpc) is 2.48. The van der Waals surface area contributed by atoms with Crippen molar-refractivity contribution in [1.29, 1.82) is 0 Å². The quantitative estimate of drug-likeness (QED) is 0.602. The Labute approximate surface area is 138 Å². The SMILES string of the molecule is Nc1ccc(Br)c(C(=O)c2cc3c(cc2Br)OCCO3)c1. The summed E-state index contributed by atoms with van der Waals surface area (Å²) < 4.78 is 12.4. The number of nitrogen functional groups attached to an aromatic ring is 1. The van der Waals surface area contributed by atoms with Crippen molar-refractivity contribution in [2.45, 2.75) is 0 Å². The maximum Gasteiger partial charge on any atom is 0.195 e. The Morgan fingerprint density at radius 3 is 2.29 bits per heavy atom. The molecule has 0 amide bonds. The first-order valence-corrected chi connectivity index (χ1v) is 7.84. The monoisotopic (exact) mass is 411 g/mol. The van der Waals surface area contributed by atoms with Gasteiger partial charge in [-0.25, -0.2) is 0 Å². The van der Waals surface area contributed by atoms with E-state index in [0.717, 1.165) is 0 Å². The van der Waals surface area contributed by atoms with Gasteiger partial charge in [0.25, 0.3) is 0 Å². The number of carbonyl (C=O) groups is 1. The molecule has 4 nitrogen and oxygen atoms in total. The highest BCUT2D eigenvalue weighted by Gasteiger charge is 2.21. The zero-order chi connectivity index (χ0) is 15.0. The van der Waals surface area contributed by atoms with E-state index in [1.165, 1.54) is 0 Å². The highest BCUT2D eigenvalue weighted by Crippen LogP contribution is 2.37. The Bertz CT molecular complexity index is 731. The lowest BCUT2D eigenvalue weighted by Crippen LogP contribution is -2.16. The number of rotatable bonds is 2. The van der Waals surface area contributed by atoms with Crippen LogP contribution in [0.25, 0.3) is 0 Å². The molecule has 3 rings (SSSR count). The molecule has 0 radical (unpaired) electrons. The number of ether oxygens (including phenoxy) is 2. The summed E-state index contributed by atoms with van der Waals surface area (Å²) >= 11 is 6.79. The van der Waals surface area contributed by atoms with Gasteiger partial charge in [-0.15, -0.1) is 0 Å². The number of hydrogen-bond donors (Lipinski definition) is 1. The van der Waals surface area contributed by atoms with Gasteiger partial charge in [-0.05, 0) is 46.3 Å². The summed E-state index contributed by atoms with van der Waals surface area (Å²) in [5.41, 5.74) is 7.31. The number of ketones is 1. The lowest BCUT2D eigenvalue weighted by atomic mass is 10.0. The van der Waals surface area contributed by atoms with Crippen LogP contribution in [0.15, 0.2) is 39.3 Å². The maximum atomic E-state index is 12.7. The van der Waals surface area contributed by atoms with E-state index in [9.17, 15) is 4.79 Å². The second-order valence-electron chi connectivity index (χ2n) is 4.54. The first kappa shape index (κ1) is 14.4. The second-order valence-corrected chi connectivity index (χ2v) is 6.25. The summed E-state index contributed by atoms with van der Waals surface area (Å²) in [6, 6.07) is 8.59. The topological polar surface area (TPSA) is 61.6 Å². The molecule has 6 heteroatoms. The standard InChI is InChI=1S/C15H11Br2NO3/c16-11-2-1-8(18)5-9(11)15(19)10-6-13-14(7-12(10)17)21-4-3-20-13/h1-2,5-7H,3-4,18H2. The van der Waals surface area contributed by atoms with E-state index in [2.05, 4.69) is 31.9 Å². The molecule has 0 saturated heterocycles. The average molecular weight is 413 g/mol. The van der Waals surface area contributed by atoms with Crippen molar-refractivity contribution >= 4 is 43.3 Å². The van der Waals surface area contributed by atoms with Crippen molar-refractivity contribution in [2.24, 2.45) is 0 Å². The van der Waals surface area contributed by atoms with Gasteiger partial charge in [0.1, 0.15) is 13.2 Å². The fourth-order valence-corrected chi connectivity index (χ4v) is 3.03. The fraction of sp³-hybridized carbons (Fsp3) is 0.133. The van der Waals surface area contributed by atoms with Crippen LogP contribution in [0.2, 0.25) is 0 Å². The van der Waals surface area contributed by atoms with Gasteiger partial charge in [0.15, 0.2) is 17.3 Å². The van der Waals surface area contributed by atoms with Crippen molar-refractivity contribution in [3.63, 3.8) is 0 Å². The van der Waals surface area contributed by atoms with Gasteiger partial charge in [-0.2, -0.15) is 0 Å². The molecule has 0 spiro atoms. The van der Waals surface area contributed by atoms with Crippen LogP contribution in [0.4, 0.5) is 5.69 Å². The van der Waals surface area contributed by atoms with Gasteiger partial charge in [0, 0.05) is 25.8 Å². The molecule has 0 bridgehead atoms. The molecule has 21 heavy (non-hydrogen) atoms. The molecule has 1 heterocycles. The summed E-state index contributed by atoms with van der Waals surface area (Å²) in [4.78, 5) is 12.7. The summed E-state index contributed by atoms with van der Waals surface area (Å²) in [6.45, 7) is 0.984. The number of anilines is 1. The van der Waals surface area contributed by atoms with Crippen molar-refractivity contribution in [3.05, 3.63) is 50.4 Å². The lowest BCUT2D eigenvalue weighted by molar-refractivity contribution is 0.103. The van der Waals surface area contributed by atoms with E-state index >= 15 is 0 Å². The van der Waals surface area contributed by atoms with Crippen LogP contribution in [0.3, 0.4) is 0 Å². The van der Waals surface area contributed by atoms with Crippen LogP contribution >= 0.6 is 31.9 Å². The molecule has 1 aliphatic rings. The molecule has 0 unspecified atom stereocenters.